The van der Waals surface area contributed by atoms with Crippen LogP contribution in [0.3, 0.4) is 0 Å². The first kappa shape index (κ1) is 23.7. The van der Waals surface area contributed by atoms with E-state index in [0.29, 0.717) is 29.2 Å². The van der Waals surface area contributed by atoms with Crippen molar-refractivity contribution in [3.63, 3.8) is 0 Å². The summed E-state index contributed by atoms with van der Waals surface area (Å²) in [6, 6.07) is 9.18. The normalized spacial score (nSPS) is 15.8. The standard InChI is InChI=1S/C23H24ClN3O4S2/c1-15-5-6-18(24)14-20(15)25-23(28)17-9-11-27(12-10-17)33(29,30)22-16(2)26-31-21(22)8-7-19-4-3-13-32-19/h3-8,13-14,17H,9-12H2,1-2H3,(H,25,28). The molecule has 3 heterocycles. The topological polar surface area (TPSA) is 92.5 Å². The zero-order valence-electron chi connectivity index (χ0n) is 18.2. The predicted octanol–water partition coefficient (Wildman–Crippen LogP) is 5.22. The Morgan fingerprint density at radius 1 is 1.24 bits per heavy atom. The van der Waals surface area contributed by atoms with Gasteiger partial charge in [-0.05, 0) is 68.0 Å². The van der Waals surface area contributed by atoms with Crippen molar-refractivity contribution < 1.29 is 17.7 Å². The molecule has 1 aliphatic rings. The van der Waals surface area contributed by atoms with Gasteiger partial charge >= 0.3 is 0 Å². The van der Waals surface area contributed by atoms with Gasteiger partial charge < -0.3 is 9.84 Å². The maximum Gasteiger partial charge on any atom is 0.248 e. The van der Waals surface area contributed by atoms with Gasteiger partial charge in [0.25, 0.3) is 0 Å². The van der Waals surface area contributed by atoms with Crippen LogP contribution in [0, 0.1) is 19.8 Å². The van der Waals surface area contributed by atoms with Crippen molar-refractivity contribution in [1.82, 2.24) is 9.46 Å². The van der Waals surface area contributed by atoms with Gasteiger partial charge in [-0.1, -0.05) is 28.9 Å². The van der Waals surface area contributed by atoms with Crippen LogP contribution in [0.25, 0.3) is 12.2 Å². The molecule has 33 heavy (non-hydrogen) atoms. The largest absolute Gasteiger partial charge is 0.355 e. The van der Waals surface area contributed by atoms with E-state index in [9.17, 15) is 13.2 Å². The van der Waals surface area contributed by atoms with E-state index in [1.54, 1.807) is 42.5 Å². The second kappa shape index (κ2) is 9.80. The number of sulfonamides is 1. The van der Waals surface area contributed by atoms with E-state index in [1.165, 1.54) is 4.31 Å². The SMILES string of the molecule is Cc1ccc(Cl)cc1NC(=O)C1CCN(S(=O)(=O)c2c(C)noc2C=Cc2cccs2)CC1. The molecule has 1 N–H and O–H groups in total. The predicted molar refractivity (Wildman–Crippen MR) is 131 cm³/mol. The van der Waals surface area contributed by atoms with Gasteiger partial charge in [-0.2, -0.15) is 4.31 Å². The van der Waals surface area contributed by atoms with Crippen LogP contribution < -0.4 is 5.32 Å². The number of carbonyl (C=O) groups is 1. The Bertz CT molecular complexity index is 1280. The number of aromatic nitrogens is 1. The number of nitrogens with one attached hydrogen (secondary N) is 1. The molecule has 0 aliphatic carbocycles. The van der Waals surface area contributed by atoms with E-state index in [4.69, 9.17) is 16.1 Å². The van der Waals surface area contributed by atoms with E-state index in [1.807, 2.05) is 30.5 Å². The molecular weight excluding hydrogens is 482 g/mol. The number of thiophene rings is 1. The molecule has 1 saturated heterocycles. The van der Waals surface area contributed by atoms with Crippen molar-refractivity contribution in [3.8, 4) is 0 Å². The first-order valence-electron chi connectivity index (χ1n) is 10.5. The molecular formula is C23H24ClN3O4S2. The van der Waals surface area contributed by atoms with Crippen LogP contribution in [-0.2, 0) is 14.8 Å². The molecule has 4 rings (SSSR count). The summed E-state index contributed by atoms with van der Waals surface area (Å²) >= 11 is 7.58. The average Bonchev–Trinajstić information content (AvgIpc) is 3.44. The van der Waals surface area contributed by atoms with E-state index in [-0.39, 0.29) is 35.6 Å². The van der Waals surface area contributed by atoms with Gasteiger partial charge in [0.05, 0.1) is 0 Å². The van der Waals surface area contributed by atoms with Gasteiger partial charge in [-0.3, -0.25) is 4.79 Å². The fraction of sp³-hybridized carbons (Fsp3) is 0.304. The molecule has 0 bridgehead atoms. The Morgan fingerprint density at radius 3 is 2.70 bits per heavy atom. The smallest absolute Gasteiger partial charge is 0.248 e. The number of anilines is 1. The molecule has 3 aromatic rings. The van der Waals surface area contributed by atoms with Crippen molar-refractivity contribution in [1.29, 1.82) is 0 Å². The summed E-state index contributed by atoms with van der Waals surface area (Å²) in [5, 5.41) is 9.29. The molecule has 10 heteroatoms. The van der Waals surface area contributed by atoms with Crippen LogP contribution >= 0.6 is 22.9 Å². The lowest BCUT2D eigenvalue weighted by Gasteiger charge is -2.30. The minimum atomic E-state index is -3.81. The maximum atomic E-state index is 13.4. The van der Waals surface area contributed by atoms with Gasteiger partial charge in [-0.15, -0.1) is 11.3 Å². The third kappa shape index (κ3) is 5.22. The van der Waals surface area contributed by atoms with Gasteiger partial charge in [0.15, 0.2) is 10.7 Å². The molecule has 1 aromatic carbocycles. The Hall–Kier alpha value is -2.46. The Kier molecular flexibility index (Phi) is 7.04. The summed E-state index contributed by atoms with van der Waals surface area (Å²) in [6.45, 7) is 4.00. The zero-order valence-corrected chi connectivity index (χ0v) is 20.6. The van der Waals surface area contributed by atoms with E-state index in [0.717, 1.165) is 10.4 Å². The number of hydrogen-bond donors (Lipinski definition) is 1. The number of amides is 1. The van der Waals surface area contributed by atoms with Crippen molar-refractivity contribution in [2.75, 3.05) is 18.4 Å². The fourth-order valence-electron chi connectivity index (χ4n) is 3.79. The number of halogens is 1. The number of aryl methyl sites for hydroxylation is 2. The number of piperidine rings is 1. The molecule has 2 aromatic heterocycles. The van der Waals surface area contributed by atoms with E-state index in [2.05, 4.69) is 10.5 Å². The molecule has 1 aliphatic heterocycles. The molecule has 1 fully saturated rings. The Morgan fingerprint density at radius 2 is 2.00 bits per heavy atom. The van der Waals surface area contributed by atoms with Crippen LogP contribution in [-0.4, -0.2) is 36.9 Å². The molecule has 0 saturated carbocycles. The Labute approximate surface area is 202 Å². The first-order valence-corrected chi connectivity index (χ1v) is 13.2. The first-order chi connectivity index (χ1) is 15.8. The van der Waals surface area contributed by atoms with Gasteiger partial charge in [0, 0.05) is 34.6 Å². The fourth-order valence-corrected chi connectivity index (χ4v) is 6.30. The number of carbonyl (C=O) groups excluding carboxylic acids is 1. The number of benzene rings is 1. The van der Waals surface area contributed by atoms with Crippen LogP contribution in [0.4, 0.5) is 5.69 Å². The highest BCUT2D eigenvalue weighted by molar-refractivity contribution is 7.89. The maximum absolute atomic E-state index is 13.4. The number of hydrogen-bond acceptors (Lipinski definition) is 6. The second-order valence-corrected chi connectivity index (χ2v) is 11.2. The third-order valence-electron chi connectivity index (χ3n) is 5.66. The van der Waals surface area contributed by atoms with Crippen LogP contribution in [0.15, 0.2) is 45.1 Å². The summed E-state index contributed by atoms with van der Waals surface area (Å²) in [7, 11) is -3.81. The highest BCUT2D eigenvalue weighted by Gasteiger charge is 2.36. The van der Waals surface area contributed by atoms with Crippen LogP contribution in [0.2, 0.25) is 5.02 Å². The van der Waals surface area contributed by atoms with E-state index >= 15 is 0 Å². The van der Waals surface area contributed by atoms with Gasteiger partial charge in [-0.25, -0.2) is 8.42 Å². The molecule has 174 valence electrons. The summed E-state index contributed by atoms with van der Waals surface area (Å²) in [6.07, 6.45) is 4.29. The van der Waals surface area contributed by atoms with Gasteiger partial charge in [0.2, 0.25) is 15.9 Å². The lowest BCUT2D eigenvalue weighted by Crippen LogP contribution is -2.41. The van der Waals surface area contributed by atoms with Crippen LogP contribution in [0.5, 0.6) is 0 Å². The van der Waals surface area contributed by atoms with Crippen molar-refractivity contribution in [2.24, 2.45) is 5.92 Å². The molecule has 0 unspecified atom stereocenters. The molecule has 1 amide bonds. The summed E-state index contributed by atoms with van der Waals surface area (Å²) in [5.41, 5.74) is 1.90. The second-order valence-electron chi connectivity index (χ2n) is 7.94. The van der Waals surface area contributed by atoms with Crippen molar-refractivity contribution in [2.45, 2.75) is 31.6 Å². The molecule has 0 radical (unpaired) electrons. The number of nitrogens with zero attached hydrogens (tertiary/aromatic N) is 2. The highest BCUT2D eigenvalue weighted by atomic mass is 35.5. The summed E-state index contributed by atoms with van der Waals surface area (Å²) in [5.74, 6) is -0.202. The number of rotatable bonds is 6. The lowest BCUT2D eigenvalue weighted by molar-refractivity contribution is -0.120. The minimum absolute atomic E-state index is 0.0766. The lowest BCUT2D eigenvalue weighted by atomic mass is 9.97. The monoisotopic (exact) mass is 505 g/mol. The molecule has 0 spiro atoms. The minimum Gasteiger partial charge on any atom is -0.355 e. The van der Waals surface area contributed by atoms with Gasteiger partial charge in [0.1, 0.15) is 5.69 Å². The Balaban J connectivity index is 1.45. The van der Waals surface area contributed by atoms with Crippen molar-refractivity contribution in [3.05, 3.63) is 62.6 Å². The third-order valence-corrected chi connectivity index (χ3v) is 8.79. The van der Waals surface area contributed by atoms with Crippen LogP contribution in [0.1, 0.15) is 34.7 Å². The summed E-state index contributed by atoms with van der Waals surface area (Å²) < 4.78 is 33.5. The quantitative estimate of drug-likeness (QED) is 0.496. The molecule has 7 nitrogen and oxygen atoms in total. The highest BCUT2D eigenvalue weighted by Crippen LogP contribution is 2.30. The zero-order chi connectivity index (χ0) is 23.6. The summed E-state index contributed by atoms with van der Waals surface area (Å²) in [4.78, 5) is 13.8. The van der Waals surface area contributed by atoms with E-state index < -0.39 is 10.0 Å². The average molecular weight is 506 g/mol. The van der Waals surface area contributed by atoms with Crippen molar-refractivity contribution >= 4 is 56.7 Å². The molecule has 0 atom stereocenters.